The first kappa shape index (κ1) is 34.1. The zero-order valence-electron chi connectivity index (χ0n) is 33.5. The van der Waals surface area contributed by atoms with Gasteiger partial charge in [0.25, 0.3) is 0 Å². The molecule has 0 fully saturated rings. The minimum absolute atomic E-state index is 0.551. The summed E-state index contributed by atoms with van der Waals surface area (Å²) in [6.07, 6.45) is 0. The maximum atomic E-state index is 6.65. The Bertz CT molecular complexity index is 4200. The summed E-state index contributed by atoms with van der Waals surface area (Å²) < 4.78 is 19.1. The van der Waals surface area contributed by atoms with Gasteiger partial charge in [0.05, 0.1) is 0 Å². The fourth-order valence-corrected chi connectivity index (χ4v) is 9.76. The topological polar surface area (TPSA) is 78.1 Å². The molecule has 0 saturated carbocycles. The highest BCUT2D eigenvalue weighted by atomic mass is 16.3. The highest BCUT2D eigenvalue weighted by molar-refractivity contribution is 6.25. The molecule has 0 bridgehead atoms. The molecule has 0 aliphatic carbocycles. The average Bonchev–Trinajstić information content (AvgIpc) is 4.04. The van der Waals surface area contributed by atoms with E-state index in [9.17, 15) is 0 Å². The molecule has 0 radical (unpaired) electrons. The molecule has 6 heteroatoms. The largest absolute Gasteiger partial charge is 0.456 e. The van der Waals surface area contributed by atoms with Gasteiger partial charge in [-0.25, -0.2) is 15.0 Å². The zero-order chi connectivity index (χ0) is 41.2. The van der Waals surface area contributed by atoms with Crippen LogP contribution in [0.3, 0.4) is 0 Å². The van der Waals surface area contributed by atoms with Crippen LogP contribution in [-0.2, 0) is 0 Å². The number of nitrogens with zero attached hydrogens (tertiary/aromatic N) is 3. The highest BCUT2D eigenvalue weighted by Gasteiger charge is 2.20. The summed E-state index contributed by atoms with van der Waals surface area (Å²) in [7, 11) is 0. The summed E-state index contributed by atoms with van der Waals surface area (Å²) in [5, 5.41) is 13.4. The van der Waals surface area contributed by atoms with Crippen LogP contribution in [0, 0.1) is 0 Å². The van der Waals surface area contributed by atoms with Crippen LogP contribution in [0.1, 0.15) is 0 Å². The zero-order valence-corrected chi connectivity index (χ0v) is 33.5. The average molecular weight is 806 g/mol. The first-order valence-corrected chi connectivity index (χ1v) is 21.1. The molecule has 0 saturated heterocycles. The van der Waals surface area contributed by atoms with Crippen molar-refractivity contribution in [3.05, 3.63) is 188 Å². The van der Waals surface area contributed by atoms with Crippen LogP contribution in [0.4, 0.5) is 0 Å². The predicted molar refractivity (Wildman–Crippen MR) is 256 cm³/mol. The van der Waals surface area contributed by atoms with Crippen molar-refractivity contribution in [1.82, 2.24) is 15.0 Å². The standard InChI is InChI=1S/C57H31N3O3/c1-2-12-38-36(10-1)37-11-3-4-13-39(37)46-29-34(21-24-40(38)46)55-58-56(35-22-25-43-41-14-5-7-17-48(41)62-52(43)31-35)60-57(59-55)45-16-9-19-51-54(45)44-26-20-33(30-53(44)63-51)32-23-27-50-47(28-32)42-15-6-8-18-49(42)61-50/h1-31H. The minimum atomic E-state index is 0.551. The maximum Gasteiger partial charge on any atom is 0.164 e. The second kappa shape index (κ2) is 12.9. The molecule has 14 rings (SSSR count). The number of rotatable bonds is 4. The lowest BCUT2D eigenvalue weighted by molar-refractivity contribution is 0.668. The van der Waals surface area contributed by atoms with E-state index in [4.69, 9.17) is 28.2 Å². The second-order valence-electron chi connectivity index (χ2n) is 16.3. The molecule has 4 aromatic heterocycles. The number of hydrogen-bond donors (Lipinski definition) is 0. The summed E-state index contributed by atoms with van der Waals surface area (Å²) in [4.78, 5) is 15.8. The van der Waals surface area contributed by atoms with Gasteiger partial charge in [-0.2, -0.15) is 0 Å². The number of fused-ring (bicyclic) bond motifs is 15. The van der Waals surface area contributed by atoms with Gasteiger partial charge in [-0.15, -0.1) is 0 Å². The summed E-state index contributed by atoms with van der Waals surface area (Å²) in [6, 6.07) is 65.2. The smallest absolute Gasteiger partial charge is 0.164 e. The van der Waals surface area contributed by atoms with Crippen molar-refractivity contribution in [3.63, 3.8) is 0 Å². The molecule has 63 heavy (non-hydrogen) atoms. The van der Waals surface area contributed by atoms with E-state index in [0.29, 0.717) is 17.5 Å². The number of aromatic nitrogens is 3. The molecule has 6 nitrogen and oxygen atoms in total. The Kier molecular flexibility index (Phi) is 7.02. The van der Waals surface area contributed by atoms with Crippen molar-refractivity contribution < 1.29 is 13.3 Å². The summed E-state index contributed by atoms with van der Waals surface area (Å²) in [5.74, 6) is 1.68. The Morgan fingerprint density at radius 1 is 0.238 bits per heavy atom. The van der Waals surface area contributed by atoms with Crippen LogP contribution in [0.25, 0.3) is 143 Å². The Hall–Kier alpha value is -8.61. The first-order chi connectivity index (χ1) is 31.2. The van der Waals surface area contributed by atoms with Gasteiger partial charge >= 0.3 is 0 Å². The minimum Gasteiger partial charge on any atom is -0.456 e. The molecule has 0 spiro atoms. The van der Waals surface area contributed by atoms with Gasteiger partial charge in [-0.05, 0) is 104 Å². The van der Waals surface area contributed by atoms with Crippen molar-refractivity contribution in [1.29, 1.82) is 0 Å². The molecule has 10 aromatic carbocycles. The van der Waals surface area contributed by atoms with Crippen molar-refractivity contribution in [2.75, 3.05) is 0 Å². The van der Waals surface area contributed by atoms with E-state index in [0.717, 1.165) is 99.0 Å². The lowest BCUT2D eigenvalue weighted by Gasteiger charge is -2.13. The molecule has 0 N–H and O–H groups in total. The lowest BCUT2D eigenvalue weighted by Crippen LogP contribution is -2.00. The van der Waals surface area contributed by atoms with Gasteiger partial charge in [-0.3, -0.25) is 0 Å². The molecule has 292 valence electrons. The van der Waals surface area contributed by atoms with E-state index in [1.54, 1.807) is 0 Å². The Balaban J connectivity index is 0.969. The first-order valence-electron chi connectivity index (χ1n) is 21.1. The Morgan fingerprint density at radius 3 is 1.38 bits per heavy atom. The van der Waals surface area contributed by atoms with Crippen LogP contribution in [0.15, 0.2) is 201 Å². The third-order valence-electron chi connectivity index (χ3n) is 12.7. The fraction of sp³-hybridized carbons (Fsp3) is 0. The van der Waals surface area contributed by atoms with E-state index in [1.165, 1.54) is 26.9 Å². The molecule has 0 aliphatic rings. The van der Waals surface area contributed by atoms with Gasteiger partial charge in [0.15, 0.2) is 17.5 Å². The van der Waals surface area contributed by atoms with Crippen LogP contribution in [0.5, 0.6) is 0 Å². The summed E-state index contributed by atoms with van der Waals surface area (Å²) in [5.41, 5.74) is 9.64. The maximum absolute atomic E-state index is 6.65. The monoisotopic (exact) mass is 805 g/mol. The molecule has 4 heterocycles. The molecule has 0 unspecified atom stereocenters. The van der Waals surface area contributed by atoms with Crippen molar-refractivity contribution in [2.24, 2.45) is 0 Å². The fourth-order valence-electron chi connectivity index (χ4n) is 9.76. The number of para-hydroxylation sites is 2. The molecule has 0 atom stereocenters. The van der Waals surface area contributed by atoms with Crippen LogP contribution >= 0.6 is 0 Å². The quantitative estimate of drug-likeness (QED) is 0.165. The van der Waals surface area contributed by atoms with Crippen LogP contribution < -0.4 is 0 Å². The highest BCUT2D eigenvalue weighted by Crippen LogP contribution is 2.41. The Labute approximate surface area is 358 Å². The third kappa shape index (κ3) is 5.15. The lowest BCUT2D eigenvalue weighted by atomic mass is 9.93. The van der Waals surface area contributed by atoms with Crippen LogP contribution in [0.2, 0.25) is 0 Å². The number of hydrogen-bond acceptors (Lipinski definition) is 6. The second-order valence-corrected chi connectivity index (χ2v) is 16.3. The SMILES string of the molecule is c1ccc2c(c1)oc1cc(-c3nc(-c4ccc5c6ccccc6c6ccccc6c5c4)nc(-c4cccc5oc6cc(-c7ccc8oc9ccccc9c8c7)ccc6c45)n3)ccc12. The van der Waals surface area contributed by atoms with Crippen molar-refractivity contribution in [3.8, 4) is 45.3 Å². The third-order valence-corrected chi connectivity index (χ3v) is 12.7. The van der Waals surface area contributed by atoms with E-state index >= 15 is 0 Å². The van der Waals surface area contributed by atoms with E-state index in [1.807, 2.05) is 60.7 Å². The summed E-state index contributed by atoms with van der Waals surface area (Å²) >= 11 is 0. The van der Waals surface area contributed by atoms with Crippen molar-refractivity contribution >= 4 is 98.1 Å². The van der Waals surface area contributed by atoms with E-state index in [-0.39, 0.29) is 0 Å². The van der Waals surface area contributed by atoms with Crippen molar-refractivity contribution in [2.45, 2.75) is 0 Å². The number of furan rings is 3. The van der Waals surface area contributed by atoms with Gasteiger partial charge in [0, 0.05) is 49.0 Å². The summed E-state index contributed by atoms with van der Waals surface area (Å²) in [6.45, 7) is 0. The van der Waals surface area contributed by atoms with Gasteiger partial charge < -0.3 is 13.3 Å². The van der Waals surface area contributed by atoms with Gasteiger partial charge in [0.2, 0.25) is 0 Å². The normalized spacial score (nSPS) is 12.1. The molecular formula is C57H31N3O3. The molecule has 0 aliphatic heterocycles. The predicted octanol–water partition coefficient (Wildman–Crippen LogP) is 15.7. The van der Waals surface area contributed by atoms with Crippen LogP contribution in [-0.4, -0.2) is 15.0 Å². The van der Waals surface area contributed by atoms with E-state index in [2.05, 4.69) is 127 Å². The molecule has 0 amide bonds. The molecule has 14 aromatic rings. The Morgan fingerprint density at radius 2 is 0.651 bits per heavy atom. The molecular weight excluding hydrogens is 775 g/mol. The van der Waals surface area contributed by atoms with Gasteiger partial charge in [-0.1, -0.05) is 127 Å². The van der Waals surface area contributed by atoms with Gasteiger partial charge in [0.1, 0.15) is 33.5 Å². The number of benzene rings is 10. The van der Waals surface area contributed by atoms with E-state index < -0.39 is 0 Å².